The number of aryl methyl sites for hydroxylation is 1. The smallest absolute Gasteiger partial charge is 0.416 e. The second-order valence-corrected chi connectivity index (χ2v) is 6.98. The summed E-state index contributed by atoms with van der Waals surface area (Å²) in [6, 6.07) is 1.46. The predicted molar refractivity (Wildman–Crippen MR) is 70.7 cm³/mol. The molecule has 1 saturated heterocycles. The van der Waals surface area contributed by atoms with Gasteiger partial charge >= 0.3 is 12.1 Å². The van der Waals surface area contributed by atoms with Crippen molar-refractivity contribution in [1.29, 1.82) is 0 Å². The van der Waals surface area contributed by atoms with Crippen LogP contribution in [0.3, 0.4) is 0 Å². The van der Waals surface area contributed by atoms with Gasteiger partial charge in [0, 0.05) is 6.54 Å². The number of carbonyl (C=O) groups is 1. The number of halogens is 3. The van der Waals surface area contributed by atoms with E-state index in [2.05, 4.69) is 0 Å². The summed E-state index contributed by atoms with van der Waals surface area (Å²) in [5.41, 5.74) is -1.14. The first-order valence-electron chi connectivity index (χ1n) is 6.47. The lowest BCUT2D eigenvalue weighted by Crippen LogP contribution is -2.40. The van der Waals surface area contributed by atoms with E-state index in [1.807, 2.05) is 0 Å². The van der Waals surface area contributed by atoms with Crippen LogP contribution in [0.25, 0.3) is 0 Å². The first kappa shape index (κ1) is 16.8. The zero-order chi connectivity index (χ0) is 16.7. The minimum Gasteiger partial charge on any atom is -0.480 e. The minimum atomic E-state index is -4.67. The molecule has 0 spiro atoms. The highest BCUT2D eigenvalue weighted by molar-refractivity contribution is 7.89. The van der Waals surface area contributed by atoms with Gasteiger partial charge in [-0.1, -0.05) is 6.07 Å². The summed E-state index contributed by atoms with van der Waals surface area (Å²) in [7, 11) is -4.28. The fourth-order valence-corrected chi connectivity index (χ4v) is 4.15. The first-order valence-corrected chi connectivity index (χ1v) is 7.91. The van der Waals surface area contributed by atoms with E-state index in [1.165, 1.54) is 6.92 Å². The number of hydrogen-bond donors (Lipinski definition) is 1. The van der Waals surface area contributed by atoms with Gasteiger partial charge < -0.3 is 5.11 Å². The lowest BCUT2D eigenvalue weighted by Gasteiger charge is -2.22. The molecule has 1 fully saturated rings. The number of rotatable bonds is 3. The molecule has 0 saturated carbocycles. The summed E-state index contributed by atoms with van der Waals surface area (Å²) in [5, 5.41) is 9.04. The molecule has 0 aromatic heterocycles. The molecule has 1 aromatic rings. The Kier molecular flexibility index (Phi) is 4.22. The summed E-state index contributed by atoms with van der Waals surface area (Å²) < 4.78 is 64.3. The number of benzene rings is 1. The summed E-state index contributed by atoms with van der Waals surface area (Å²) in [6.07, 6.45) is -4.17. The molecule has 122 valence electrons. The van der Waals surface area contributed by atoms with Gasteiger partial charge in [-0.3, -0.25) is 4.79 Å². The van der Waals surface area contributed by atoms with Crippen molar-refractivity contribution in [3.63, 3.8) is 0 Å². The van der Waals surface area contributed by atoms with E-state index in [0.717, 1.165) is 16.4 Å². The van der Waals surface area contributed by atoms with Crippen LogP contribution in [0.5, 0.6) is 0 Å². The zero-order valence-electron chi connectivity index (χ0n) is 11.6. The second kappa shape index (κ2) is 5.54. The van der Waals surface area contributed by atoms with Crippen molar-refractivity contribution < 1.29 is 31.5 Å². The molecule has 1 unspecified atom stereocenters. The Balaban J connectivity index is 2.49. The van der Waals surface area contributed by atoms with Gasteiger partial charge in [-0.15, -0.1) is 0 Å². The third kappa shape index (κ3) is 2.95. The van der Waals surface area contributed by atoms with E-state index in [0.29, 0.717) is 12.5 Å². The van der Waals surface area contributed by atoms with Crippen LogP contribution in [-0.4, -0.2) is 36.4 Å². The number of hydrogen-bond acceptors (Lipinski definition) is 3. The molecule has 2 rings (SSSR count). The molecule has 0 radical (unpaired) electrons. The number of aliphatic carboxylic acids is 1. The Morgan fingerprint density at radius 1 is 1.36 bits per heavy atom. The second-order valence-electron chi connectivity index (χ2n) is 5.09. The van der Waals surface area contributed by atoms with E-state index in [-0.39, 0.29) is 18.5 Å². The molecule has 1 atom stereocenters. The number of sulfonamides is 1. The van der Waals surface area contributed by atoms with Crippen LogP contribution in [0.1, 0.15) is 24.0 Å². The van der Waals surface area contributed by atoms with Crippen LogP contribution in [0, 0.1) is 6.92 Å². The number of alkyl halides is 3. The molecule has 1 heterocycles. The topological polar surface area (TPSA) is 74.7 Å². The molecule has 1 aromatic carbocycles. The lowest BCUT2D eigenvalue weighted by atomic mass is 10.1. The Morgan fingerprint density at radius 2 is 2.00 bits per heavy atom. The van der Waals surface area contributed by atoms with Crippen LogP contribution in [0.15, 0.2) is 23.1 Å². The van der Waals surface area contributed by atoms with Crippen molar-refractivity contribution in [2.75, 3.05) is 6.54 Å². The van der Waals surface area contributed by atoms with Crippen molar-refractivity contribution in [3.8, 4) is 0 Å². The third-order valence-electron chi connectivity index (χ3n) is 3.61. The van der Waals surface area contributed by atoms with Gasteiger partial charge in [0.1, 0.15) is 6.04 Å². The number of nitrogens with zero attached hydrogens (tertiary/aromatic N) is 1. The maximum atomic E-state index is 12.9. The first-order chi connectivity index (χ1) is 10.0. The van der Waals surface area contributed by atoms with Crippen LogP contribution >= 0.6 is 0 Å². The molecular formula is C13H14F3NO4S. The van der Waals surface area contributed by atoms with Gasteiger partial charge in [0.05, 0.1) is 10.5 Å². The van der Waals surface area contributed by atoms with E-state index >= 15 is 0 Å². The van der Waals surface area contributed by atoms with Crippen LogP contribution in [0.4, 0.5) is 13.2 Å². The molecule has 22 heavy (non-hydrogen) atoms. The Bertz CT molecular complexity index is 700. The molecular weight excluding hydrogens is 323 g/mol. The van der Waals surface area contributed by atoms with Crippen LogP contribution in [0.2, 0.25) is 0 Å². The van der Waals surface area contributed by atoms with Crippen molar-refractivity contribution in [1.82, 2.24) is 4.31 Å². The molecule has 1 aliphatic rings. The SMILES string of the molecule is Cc1ccc(S(=O)(=O)N2CCCC2C(=O)O)cc1C(F)(F)F. The highest BCUT2D eigenvalue weighted by atomic mass is 32.2. The standard InChI is InChI=1S/C13H14F3NO4S/c1-8-4-5-9(7-10(8)13(14,15)16)22(20,21)17-6-2-3-11(17)12(18)19/h4-5,7,11H,2-3,6H2,1H3,(H,18,19). The lowest BCUT2D eigenvalue weighted by molar-refractivity contribution is -0.141. The number of carboxylic acid groups (broad SMARTS) is 1. The fraction of sp³-hybridized carbons (Fsp3) is 0.462. The van der Waals surface area contributed by atoms with Gasteiger partial charge in [0.15, 0.2) is 0 Å². The molecule has 5 nitrogen and oxygen atoms in total. The zero-order valence-corrected chi connectivity index (χ0v) is 12.4. The quantitative estimate of drug-likeness (QED) is 0.918. The average Bonchev–Trinajstić information content (AvgIpc) is 2.87. The van der Waals surface area contributed by atoms with Crippen molar-refractivity contribution in [3.05, 3.63) is 29.3 Å². The maximum Gasteiger partial charge on any atom is 0.416 e. The molecule has 0 bridgehead atoms. The monoisotopic (exact) mass is 337 g/mol. The normalized spacial score (nSPS) is 20.3. The van der Waals surface area contributed by atoms with E-state index < -0.39 is 38.7 Å². The van der Waals surface area contributed by atoms with Gasteiger partial charge in [-0.2, -0.15) is 17.5 Å². The maximum absolute atomic E-state index is 12.9. The Labute approximate surface area is 125 Å². The van der Waals surface area contributed by atoms with Crippen molar-refractivity contribution in [2.45, 2.75) is 36.9 Å². The third-order valence-corrected chi connectivity index (χ3v) is 5.51. The molecule has 9 heteroatoms. The van der Waals surface area contributed by atoms with Gasteiger partial charge in [0.25, 0.3) is 0 Å². The summed E-state index contributed by atoms with van der Waals surface area (Å²) in [4.78, 5) is 10.5. The Hall–Kier alpha value is -1.61. The summed E-state index contributed by atoms with van der Waals surface area (Å²) in [5.74, 6) is -1.30. The van der Waals surface area contributed by atoms with Gasteiger partial charge in [-0.05, 0) is 37.5 Å². The summed E-state index contributed by atoms with van der Waals surface area (Å²) in [6.45, 7) is 1.21. The van der Waals surface area contributed by atoms with E-state index in [9.17, 15) is 26.4 Å². The predicted octanol–water partition coefficient (Wildman–Crippen LogP) is 2.25. The van der Waals surface area contributed by atoms with E-state index in [1.54, 1.807) is 0 Å². The fourth-order valence-electron chi connectivity index (χ4n) is 2.48. The van der Waals surface area contributed by atoms with Crippen LogP contribution in [-0.2, 0) is 21.0 Å². The summed E-state index contributed by atoms with van der Waals surface area (Å²) >= 11 is 0. The molecule has 0 aliphatic carbocycles. The number of carboxylic acids is 1. The highest BCUT2D eigenvalue weighted by Gasteiger charge is 2.41. The molecule has 1 aliphatic heterocycles. The van der Waals surface area contributed by atoms with Crippen molar-refractivity contribution in [2.24, 2.45) is 0 Å². The molecule has 1 N–H and O–H groups in total. The minimum absolute atomic E-state index is 0.0193. The average molecular weight is 337 g/mol. The van der Waals surface area contributed by atoms with Crippen molar-refractivity contribution >= 4 is 16.0 Å². The van der Waals surface area contributed by atoms with E-state index in [4.69, 9.17) is 5.11 Å². The Morgan fingerprint density at radius 3 is 2.55 bits per heavy atom. The van der Waals surface area contributed by atoms with Gasteiger partial charge in [0.2, 0.25) is 10.0 Å². The van der Waals surface area contributed by atoms with Crippen LogP contribution < -0.4 is 0 Å². The molecule has 0 amide bonds. The van der Waals surface area contributed by atoms with Gasteiger partial charge in [-0.25, -0.2) is 8.42 Å². The largest absolute Gasteiger partial charge is 0.480 e. The highest BCUT2D eigenvalue weighted by Crippen LogP contribution is 2.34.